The third-order valence-corrected chi connectivity index (χ3v) is 8.63. The second kappa shape index (κ2) is 17.7. The summed E-state index contributed by atoms with van der Waals surface area (Å²) in [5.41, 5.74) is 0.514. The molecule has 1 aliphatic heterocycles. The Bertz CT molecular complexity index is 1440. The summed E-state index contributed by atoms with van der Waals surface area (Å²) in [6.45, 7) is 14.2. The van der Waals surface area contributed by atoms with Crippen LogP contribution in [0, 0.1) is 17.8 Å². The van der Waals surface area contributed by atoms with Gasteiger partial charge in [-0.3, -0.25) is 19.2 Å². The molecule has 3 rings (SSSR count). The molecule has 1 aliphatic rings. The van der Waals surface area contributed by atoms with Crippen molar-refractivity contribution in [1.82, 2.24) is 26.2 Å². The van der Waals surface area contributed by atoms with Gasteiger partial charge in [0.2, 0.25) is 23.6 Å². The first-order valence-electron chi connectivity index (χ1n) is 16.7. The van der Waals surface area contributed by atoms with Gasteiger partial charge in [-0.05, 0) is 36.1 Å². The molecule has 5 N–H and O–H groups in total. The van der Waals surface area contributed by atoms with Crippen molar-refractivity contribution in [2.75, 3.05) is 38.7 Å². The molecule has 0 spiro atoms. The normalized spacial score (nSPS) is 16.3. The third kappa shape index (κ3) is 10.1. The van der Waals surface area contributed by atoms with E-state index in [0.717, 1.165) is 10.8 Å². The fraction of sp³-hybridized carbons (Fsp3) is 0.571. The van der Waals surface area contributed by atoms with Gasteiger partial charge < -0.3 is 41.0 Å². The van der Waals surface area contributed by atoms with Crippen LogP contribution in [0.5, 0.6) is 5.75 Å². The molecular formula is C35H52N6O7. The van der Waals surface area contributed by atoms with Gasteiger partial charge in [-0.2, -0.15) is 0 Å². The Labute approximate surface area is 283 Å². The molecule has 2 aromatic rings. The number of anilines is 1. The molecule has 1 saturated heterocycles. The van der Waals surface area contributed by atoms with Crippen LogP contribution in [0.3, 0.4) is 0 Å². The first-order chi connectivity index (χ1) is 22.8. The molecule has 13 nitrogen and oxygen atoms in total. The van der Waals surface area contributed by atoms with E-state index in [1.807, 2.05) is 58.0 Å². The summed E-state index contributed by atoms with van der Waals surface area (Å²) in [6, 6.07) is 7.03. The topological polar surface area (TPSA) is 167 Å². The summed E-state index contributed by atoms with van der Waals surface area (Å²) in [4.78, 5) is 68.2. The summed E-state index contributed by atoms with van der Waals surface area (Å²) in [6.07, 6.45) is 0.567. The first kappa shape index (κ1) is 38.1. The van der Waals surface area contributed by atoms with Gasteiger partial charge in [-0.25, -0.2) is 4.79 Å². The fourth-order valence-corrected chi connectivity index (χ4v) is 5.38. The van der Waals surface area contributed by atoms with Crippen LogP contribution in [0.2, 0.25) is 0 Å². The van der Waals surface area contributed by atoms with Crippen molar-refractivity contribution >= 4 is 46.1 Å². The average Bonchev–Trinajstić information content (AvgIpc) is 3.07. The van der Waals surface area contributed by atoms with Crippen molar-refractivity contribution in [1.29, 1.82) is 0 Å². The van der Waals surface area contributed by atoms with E-state index in [4.69, 9.17) is 9.47 Å². The highest BCUT2D eigenvalue weighted by Crippen LogP contribution is 2.29. The Hall–Kier alpha value is -4.39. The zero-order valence-corrected chi connectivity index (χ0v) is 29.3. The number of ether oxygens (including phenoxy) is 2. The Kier molecular flexibility index (Phi) is 14.0. The van der Waals surface area contributed by atoms with Gasteiger partial charge in [0, 0.05) is 30.2 Å². The molecule has 5 atom stereocenters. The minimum atomic E-state index is -0.984. The van der Waals surface area contributed by atoms with Crippen LogP contribution < -0.4 is 31.3 Å². The molecule has 1 heterocycles. The van der Waals surface area contributed by atoms with Crippen molar-refractivity contribution in [3.05, 3.63) is 36.4 Å². The maximum Gasteiger partial charge on any atom is 0.318 e. The standard InChI is InChI=1S/C35H52N6O7/c1-9-22(6)30(34(45)36-23(7)31(42)37-25-18-24-12-10-11-13-26(24)27(19-25)47-8)39-32(43)28(20(2)3)38-33(44)29(21(4)5)40-35(46)41-14-16-48-17-15-41/h10-13,18-23,28-30H,9,14-17H2,1-8H3,(H,36,45)(H,37,42)(H,38,44)(H,39,43)(H,40,46)/t22-,23-,28-,29-,30-/m0/s1. The molecule has 0 aromatic heterocycles. The van der Waals surface area contributed by atoms with Crippen molar-refractivity contribution in [2.45, 2.75) is 79.1 Å². The number of carbonyl (C=O) groups is 5. The molecule has 0 unspecified atom stereocenters. The number of methoxy groups -OCH3 is 1. The molecule has 48 heavy (non-hydrogen) atoms. The van der Waals surface area contributed by atoms with E-state index < -0.39 is 47.8 Å². The van der Waals surface area contributed by atoms with Crippen molar-refractivity contribution in [3.63, 3.8) is 0 Å². The lowest BCUT2D eigenvalue weighted by atomic mass is 9.95. The van der Waals surface area contributed by atoms with Crippen LogP contribution in [0.4, 0.5) is 10.5 Å². The third-order valence-electron chi connectivity index (χ3n) is 8.63. The van der Waals surface area contributed by atoms with Crippen molar-refractivity contribution < 1.29 is 33.4 Å². The molecule has 0 aliphatic carbocycles. The average molecular weight is 669 g/mol. The van der Waals surface area contributed by atoms with Crippen LogP contribution in [0.25, 0.3) is 10.8 Å². The zero-order valence-electron chi connectivity index (χ0n) is 29.3. The molecular weight excluding hydrogens is 616 g/mol. The molecule has 6 amide bonds. The minimum absolute atomic E-state index is 0.257. The summed E-state index contributed by atoms with van der Waals surface area (Å²) in [7, 11) is 1.56. The second-order valence-corrected chi connectivity index (χ2v) is 13.0. The van der Waals surface area contributed by atoms with Gasteiger partial charge in [0.25, 0.3) is 0 Å². The van der Waals surface area contributed by atoms with Crippen molar-refractivity contribution in [3.8, 4) is 5.75 Å². The van der Waals surface area contributed by atoms with Crippen LogP contribution in [0.1, 0.15) is 54.9 Å². The molecule has 0 radical (unpaired) electrons. The summed E-state index contributed by atoms with van der Waals surface area (Å²) in [5.74, 6) is -2.28. The predicted octanol–water partition coefficient (Wildman–Crippen LogP) is 3.03. The van der Waals surface area contributed by atoms with Crippen LogP contribution in [-0.2, 0) is 23.9 Å². The lowest BCUT2D eigenvalue weighted by molar-refractivity contribution is -0.135. The van der Waals surface area contributed by atoms with Gasteiger partial charge in [0.15, 0.2) is 0 Å². The number of morpholine rings is 1. The number of benzene rings is 2. The zero-order chi connectivity index (χ0) is 35.5. The number of amides is 6. The lowest BCUT2D eigenvalue weighted by Gasteiger charge is -2.32. The monoisotopic (exact) mass is 668 g/mol. The van der Waals surface area contributed by atoms with Gasteiger partial charge >= 0.3 is 6.03 Å². The Morgan fingerprint density at radius 2 is 1.33 bits per heavy atom. The van der Waals surface area contributed by atoms with E-state index >= 15 is 0 Å². The molecule has 2 aromatic carbocycles. The Morgan fingerprint density at radius 3 is 1.92 bits per heavy atom. The number of hydrogen-bond donors (Lipinski definition) is 5. The summed E-state index contributed by atoms with van der Waals surface area (Å²) < 4.78 is 10.8. The van der Waals surface area contributed by atoms with Crippen LogP contribution in [0.15, 0.2) is 36.4 Å². The number of nitrogens with one attached hydrogen (secondary N) is 5. The largest absolute Gasteiger partial charge is 0.496 e. The van der Waals surface area contributed by atoms with E-state index in [1.165, 1.54) is 0 Å². The van der Waals surface area contributed by atoms with E-state index in [0.29, 0.717) is 44.2 Å². The summed E-state index contributed by atoms with van der Waals surface area (Å²) in [5, 5.41) is 15.8. The van der Waals surface area contributed by atoms with E-state index in [1.54, 1.807) is 38.8 Å². The molecule has 0 saturated carbocycles. The number of rotatable bonds is 14. The highest BCUT2D eigenvalue weighted by Gasteiger charge is 2.35. The molecule has 1 fully saturated rings. The highest BCUT2D eigenvalue weighted by atomic mass is 16.5. The van der Waals surface area contributed by atoms with Gasteiger partial charge in [0.05, 0.1) is 20.3 Å². The molecule has 264 valence electrons. The maximum atomic E-state index is 13.6. The Morgan fingerprint density at radius 1 is 0.771 bits per heavy atom. The van der Waals surface area contributed by atoms with Gasteiger partial charge in [-0.15, -0.1) is 0 Å². The lowest BCUT2D eigenvalue weighted by Crippen LogP contribution is -2.61. The first-order valence-corrected chi connectivity index (χ1v) is 16.7. The van der Waals surface area contributed by atoms with E-state index in [9.17, 15) is 24.0 Å². The molecule has 13 heteroatoms. The predicted molar refractivity (Wildman–Crippen MR) is 184 cm³/mol. The smallest absolute Gasteiger partial charge is 0.318 e. The number of urea groups is 1. The summed E-state index contributed by atoms with van der Waals surface area (Å²) >= 11 is 0. The van der Waals surface area contributed by atoms with Crippen molar-refractivity contribution in [2.24, 2.45) is 17.8 Å². The SMILES string of the molecule is CC[C@H](C)[C@H](NC(=O)[C@@H](NC(=O)[C@@H](NC(=O)N1CCOCC1)C(C)C)C(C)C)C(=O)N[C@@H](C)C(=O)Nc1cc(OC)c2ccccc2c1. The van der Waals surface area contributed by atoms with Crippen LogP contribution in [-0.4, -0.2) is 92.1 Å². The van der Waals surface area contributed by atoms with Gasteiger partial charge in [0.1, 0.15) is 29.9 Å². The Balaban J connectivity index is 1.68. The minimum Gasteiger partial charge on any atom is -0.496 e. The quantitative estimate of drug-likeness (QED) is 0.206. The highest BCUT2D eigenvalue weighted by molar-refractivity contribution is 6.01. The maximum absolute atomic E-state index is 13.6. The van der Waals surface area contributed by atoms with Crippen LogP contribution >= 0.6 is 0 Å². The number of fused-ring (bicyclic) bond motifs is 1. The molecule has 0 bridgehead atoms. The van der Waals surface area contributed by atoms with E-state index in [-0.39, 0.29) is 23.8 Å². The van der Waals surface area contributed by atoms with Gasteiger partial charge in [-0.1, -0.05) is 72.2 Å². The number of hydrogen-bond acceptors (Lipinski definition) is 7. The fourth-order valence-electron chi connectivity index (χ4n) is 5.38. The number of nitrogens with zero attached hydrogens (tertiary/aromatic N) is 1. The van der Waals surface area contributed by atoms with E-state index in [2.05, 4.69) is 26.6 Å². The number of carbonyl (C=O) groups excluding carboxylic acids is 5. The second-order valence-electron chi connectivity index (χ2n) is 13.0.